The summed E-state index contributed by atoms with van der Waals surface area (Å²) in [6.45, 7) is 2.60. The Bertz CT molecular complexity index is 755. The van der Waals surface area contributed by atoms with Gasteiger partial charge < -0.3 is 10.6 Å². The molecule has 2 unspecified atom stereocenters. The van der Waals surface area contributed by atoms with Crippen LogP contribution in [0.15, 0.2) is 6.20 Å². The van der Waals surface area contributed by atoms with Crippen molar-refractivity contribution in [1.29, 1.82) is 0 Å². The van der Waals surface area contributed by atoms with Gasteiger partial charge in [-0.2, -0.15) is 5.10 Å². The van der Waals surface area contributed by atoms with Crippen LogP contribution in [0.3, 0.4) is 0 Å². The van der Waals surface area contributed by atoms with Gasteiger partial charge in [-0.1, -0.05) is 0 Å². The van der Waals surface area contributed by atoms with E-state index in [0.717, 1.165) is 0 Å². The highest BCUT2D eigenvalue weighted by Crippen LogP contribution is 2.26. The van der Waals surface area contributed by atoms with E-state index in [4.69, 9.17) is 5.73 Å². The van der Waals surface area contributed by atoms with Crippen LogP contribution in [0.1, 0.15) is 34.9 Å². The third-order valence-corrected chi connectivity index (χ3v) is 6.46. The average molecular weight is 340 g/mol. The van der Waals surface area contributed by atoms with Gasteiger partial charge in [0.05, 0.1) is 35.2 Å². The van der Waals surface area contributed by atoms with Crippen LogP contribution in [0.25, 0.3) is 0 Å². The van der Waals surface area contributed by atoms with E-state index in [9.17, 15) is 18.0 Å². The van der Waals surface area contributed by atoms with Crippen LogP contribution in [0.5, 0.6) is 0 Å². The zero-order valence-electron chi connectivity index (χ0n) is 12.9. The second kappa shape index (κ2) is 5.63. The topological polar surface area (TPSA) is 115 Å². The van der Waals surface area contributed by atoms with E-state index in [0.29, 0.717) is 37.2 Å². The van der Waals surface area contributed by atoms with Gasteiger partial charge in [-0.25, -0.2) is 8.42 Å². The zero-order valence-corrected chi connectivity index (χ0v) is 13.8. The van der Waals surface area contributed by atoms with E-state index < -0.39 is 9.84 Å². The van der Waals surface area contributed by atoms with Crippen molar-refractivity contribution in [1.82, 2.24) is 14.7 Å². The summed E-state index contributed by atoms with van der Waals surface area (Å²) >= 11 is 0. The monoisotopic (exact) mass is 340 g/mol. The maximum atomic E-state index is 12.6. The first kappa shape index (κ1) is 16.0. The van der Waals surface area contributed by atoms with Crippen molar-refractivity contribution in [2.24, 2.45) is 11.7 Å². The largest absolute Gasteiger partial charge is 0.369 e. The van der Waals surface area contributed by atoms with E-state index in [2.05, 4.69) is 5.10 Å². The van der Waals surface area contributed by atoms with Crippen LogP contribution in [0, 0.1) is 12.8 Å². The van der Waals surface area contributed by atoms with E-state index >= 15 is 0 Å². The molecule has 0 aromatic carbocycles. The number of hydrogen-bond acceptors (Lipinski definition) is 5. The highest BCUT2D eigenvalue weighted by molar-refractivity contribution is 7.91. The first-order valence-corrected chi connectivity index (χ1v) is 9.44. The molecule has 2 amide bonds. The highest BCUT2D eigenvalue weighted by atomic mass is 32.2. The lowest BCUT2D eigenvalue weighted by atomic mass is 10.1. The maximum Gasteiger partial charge on any atom is 0.257 e. The fourth-order valence-electron chi connectivity index (χ4n) is 3.32. The van der Waals surface area contributed by atoms with Crippen LogP contribution >= 0.6 is 0 Å². The second-order valence-electron chi connectivity index (χ2n) is 6.28. The van der Waals surface area contributed by atoms with Crippen LogP contribution < -0.4 is 5.73 Å². The fourth-order valence-corrected chi connectivity index (χ4v) is 5.01. The normalized spacial score (nSPS) is 26.6. The smallest absolute Gasteiger partial charge is 0.257 e. The van der Waals surface area contributed by atoms with Crippen molar-refractivity contribution in [2.75, 3.05) is 24.6 Å². The molecule has 2 saturated heterocycles. The molecule has 2 aliphatic heterocycles. The summed E-state index contributed by atoms with van der Waals surface area (Å²) in [6, 6.07) is -0.210. The van der Waals surface area contributed by atoms with Crippen LogP contribution in [0.4, 0.5) is 0 Å². The minimum atomic E-state index is -3.01. The summed E-state index contributed by atoms with van der Waals surface area (Å²) in [5, 5.41) is 4.22. The SMILES string of the molecule is Cc1c(C(=O)N2CCC(C(N)=O)C2)cnn1C1CCS(=O)(=O)C1. The minimum absolute atomic E-state index is 0.0661. The van der Waals surface area contributed by atoms with Gasteiger partial charge in [0.25, 0.3) is 5.91 Å². The van der Waals surface area contributed by atoms with Crippen molar-refractivity contribution < 1.29 is 18.0 Å². The first-order chi connectivity index (χ1) is 10.8. The zero-order chi connectivity index (χ0) is 16.8. The molecule has 2 aliphatic rings. The molecule has 3 heterocycles. The Balaban J connectivity index is 1.77. The van der Waals surface area contributed by atoms with Gasteiger partial charge in [-0.05, 0) is 19.8 Å². The van der Waals surface area contributed by atoms with Gasteiger partial charge in [-0.3, -0.25) is 14.3 Å². The molecule has 126 valence electrons. The Morgan fingerprint density at radius 1 is 1.35 bits per heavy atom. The quantitative estimate of drug-likeness (QED) is 0.796. The number of aromatic nitrogens is 2. The summed E-state index contributed by atoms with van der Waals surface area (Å²) in [5.74, 6) is -0.639. The summed E-state index contributed by atoms with van der Waals surface area (Å²) in [6.07, 6.45) is 2.58. The molecule has 0 saturated carbocycles. The minimum Gasteiger partial charge on any atom is -0.369 e. The van der Waals surface area contributed by atoms with Gasteiger partial charge in [0.15, 0.2) is 9.84 Å². The molecular weight excluding hydrogens is 320 g/mol. The molecular formula is C14H20N4O4S. The van der Waals surface area contributed by atoms with E-state index in [1.807, 2.05) is 0 Å². The standard InChI is InChI=1S/C14H20N4O4S/c1-9-12(14(20)17-4-2-10(7-17)13(15)19)6-16-18(9)11-3-5-23(21,22)8-11/h6,10-11H,2-5,7-8H2,1H3,(H2,15,19). The Hall–Kier alpha value is -1.90. The van der Waals surface area contributed by atoms with Crippen molar-refractivity contribution in [2.45, 2.75) is 25.8 Å². The van der Waals surface area contributed by atoms with E-state index in [-0.39, 0.29) is 35.3 Å². The Labute approximate surface area is 134 Å². The van der Waals surface area contributed by atoms with Crippen molar-refractivity contribution in [3.63, 3.8) is 0 Å². The third-order valence-electron chi connectivity index (χ3n) is 4.71. The number of likely N-dealkylation sites (tertiary alicyclic amines) is 1. The number of amides is 2. The van der Waals surface area contributed by atoms with Gasteiger partial charge >= 0.3 is 0 Å². The van der Waals surface area contributed by atoms with Crippen LogP contribution in [-0.2, 0) is 14.6 Å². The maximum absolute atomic E-state index is 12.6. The average Bonchev–Trinajstić information content (AvgIpc) is 3.16. The predicted molar refractivity (Wildman–Crippen MR) is 82.5 cm³/mol. The van der Waals surface area contributed by atoms with Gasteiger partial charge in [0.1, 0.15) is 0 Å². The number of hydrogen-bond donors (Lipinski definition) is 1. The number of nitrogens with zero attached hydrogens (tertiary/aromatic N) is 3. The van der Waals surface area contributed by atoms with Crippen molar-refractivity contribution in [3.05, 3.63) is 17.5 Å². The molecule has 8 nitrogen and oxygen atoms in total. The number of carbonyl (C=O) groups is 2. The summed E-state index contributed by atoms with van der Waals surface area (Å²) in [5.41, 5.74) is 6.41. The molecule has 1 aromatic heterocycles. The molecule has 23 heavy (non-hydrogen) atoms. The Morgan fingerprint density at radius 2 is 2.09 bits per heavy atom. The van der Waals surface area contributed by atoms with Crippen LogP contribution in [0.2, 0.25) is 0 Å². The molecule has 9 heteroatoms. The van der Waals surface area contributed by atoms with Crippen LogP contribution in [-0.4, -0.2) is 59.5 Å². The van der Waals surface area contributed by atoms with Gasteiger partial charge in [-0.15, -0.1) is 0 Å². The summed E-state index contributed by atoms with van der Waals surface area (Å²) in [4.78, 5) is 25.4. The first-order valence-electron chi connectivity index (χ1n) is 7.61. The van der Waals surface area contributed by atoms with E-state index in [1.165, 1.54) is 6.20 Å². The lowest BCUT2D eigenvalue weighted by Crippen LogP contribution is -2.32. The second-order valence-corrected chi connectivity index (χ2v) is 8.51. The summed E-state index contributed by atoms with van der Waals surface area (Å²) in [7, 11) is -3.01. The van der Waals surface area contributed by atoms with Gasteiger partial charge in [0.2, 0.25) is 5.91 Å². The highest BCUT2D eigenvalue weighted by Gasteiger charge is 2.34. The molecule has 2 atom stereocenters. The predicted octanol–water partition coefficient (Wildman–Crippen LogP) is -0.501. The van der Waals surface area contributed by atoms with Gasteiger partial charge in [0, 0.05) is 18.8 Å². The van der Waals surface area contributed by atoms with E-state index in [1.54, 1.807) is 16.5 Å². The lowest BCUT2D eigenvalue weighted by molar-refractivity contribution is -0.121. The fraction of sp³-hybridized carbons (Fsp3) is 0.643. The summed E-state index contributed by atoms with van der Waals surface area (Å²) < 4.78 is 24.9. The molecule has 1 aromatic rings. The Kier molecular flexibility index (Phi) is 3.91. The number of rotatable bonds is 3. The number of carbonyl (C=O) groups excluding carboxylic acids is 2. The third kappa shape index (κ3) is 2.97. The lowest BCUT2D eigenvalue weighted by Gasteiger charge is -2.16. The molecule has 0 spiro atoms. The molecule has 3 rings (SSSR count). The molecule has 2 fully saturated rings. The number of nitrogens with two attached hydrogens (primary N) is 1. The molecule has 2 N–H and O–H groups in total. The molecule has 0 radical (unpaired) electrons. The van der Waals surface area contributed by atoms with Crippen molar-refractivity contribution in [3.8, 4) is 0 Å². The number of sulfone groups is 1. The molecule has 0 bridgehead atoms. The Morgan fingerprint density at radius 3 is 2.65 bits per heavy atom. The number of primary amides is 1. The van der Waals surface area contributed by atoms with Crippen molar-refractivity contribution >= 4 is 21.7 Å². The molecule has 0 aliphatic carbocycles.